The lowest BCUT2D eigenvalue weighted by Crippen LogP contribution is -2.31. The highest BCUT2D eigenvalue weighted by Gasteiger charge is 2.15. The fourth-order valence-electron chi connectivity index (χ4n) is 1.64. The average molecular weight is 333 g/mol. The molecule has 7 nitrogen and oxygen atoms in total. The first-order valence-electron chi connectivity index (χ1n) is 6.84. The molecule has 0 atom stereocenters. The van der Waals surface area contributed by atoms with Crippen LogP contribution in [0.1, 0.15) is 11.4 Å². The van der Waals surface area contributed by atoms with E-state index in [1.807, 2.05) is 13.0 Å². The minimum atomic E-state index is -0.708. The van der Waals surface area contributed by atoms with E-state index < -0.39 is 5.97 Å². The zero-order valence-electron chi connectivity index (χ0n) is 13.1. The van der Waals surface area contributed by atoms with Gasteiger partial charge < -0.3 is 20.4 Å². The number of nitrogens with zero attached hydrogens (tertiary/aromatic N) is 2. The molecule has 0 aliphatic heterocycles. The zero-order chi connectivity index (χ0) is 17.1. The van der Waals surface area contributed by atoms with Gasteiger partial charge in [0.1, 0.15) is 11.9 Å². The van der Waals surface area contributed by atoms with Crippen LogP contribution in [-0.4, -0.2) is 41.9 Å². The van der Waals surface area contributed by atoms with Gasteiger partial charge in [-0.2, -0.15) is 17.0 Å². The molecule has 0 spiro atoms. The van der Waals surface area contributed by atoms with Gasteiger partial charge in [0, 0.05) is 23.7 Å². The van der Waals surface area contributed by atoms with E-state index in [-0.39, 0.29) is 17.9 Å². The van der Waals surface area contributed by atoms with Gasteiger partial charge in [0.2, 0.25) is 0 Å². The van der Waals surface area contributed by atoms with Gasteiger partial charge in [-0.3, -0.25) is 0 Å². The summed E-state index contributed by atoms with van der Waals surface area (Å²) in [6, 6.07) is 1.82. The Morgan fingerprint density at radius 1 is 1.57 bits per heavy atom. The van der Waals surface area contributed by atoms with E-state index in [9.17, 15) is 4.79 Å². The topological polar surface area (TPSA) is 103 Å². The summed E-state index contributed by atoms with van der Waals surface area (Å²) >= 11 is 1.70. The van der Waals surface area contributed by atoms with Gasteiger partial charge in [-0.1, -0.05) is 5.92 Å². The Kier molecular flexibility index (Phi) is 8.19. The average Bonchev–Trinajstić information content (AvgIpc) is 2.97. The second-order valence-corrected chi connectivity index (χ2v) is 5.46. The minimum Gasteiger partial charge on any atom is -0.465 e. The van der Waals surface area contributed by atoms with Crippen LogP contribution >= 0.6 is 11.8 Å². The molecule has 0 aliphatic rings. The number of ether oxygens (including phenoxy) is 1. The highest BCUT2D eigenvalue weighted by atomic mass is 32.2. The first-order valence-corrected chi connectivity index (χ1v) is 8.00. The number of aromatic nitrogens is 2. The summed E-state index contributed by atoms with van der Waals surface area (Å²) in [5, 5.41) is 15.0. The Labute approximate surface area is 139 Å². The molecule has 0 radical (unpaired) electrons. The summed E-state index contributed by atoms with van der Waals surface area (Å²) in [7, 11) is 1.22. The maximum absolute atomic E-state index is 11.6. The molecule has 1 heterocycles. The number of methoxy groups -OCH3 is 1. The van der Waals surface area contributed by atoms with Crippen LogP contribution < -0.4 is 10.6 Å². The number of H-pyrrole nitrogens is 1. The molecular weight excluding hydrogens is 314 g/mol. The predicted octanol–water partition coefficient (Wildman–Crippen LogP) is 0.672. The molecule has 0 aromatic carbocycles. The number of hydrogen-bond donors (Lipinski definition) is 3. The van der Waals surface area contributed by atoms with E-state index in [2.05, 4.69) is 31.3 Å². The van der Waals surface area contributed by atoms with E-state index in [0.717, 1.165) is 22.9 Å². The van der Waals surface area contributed by atoms with E-state index in [1.165, 1.54) is 7.11 Å². The van der Waals surface area contributed by atoms with Crippen LogP contribution in [0.25, 0.3) is 0 Å². The fraction of sp³-hybridized carbons (Fsp3) is 0.400. The standard InChI is InChI=1S/C15H19N5O2S/c1-4-5-17-14(12(8-16)15(21)22-3)18-6-7-23-9-13-11(2)19-10-20-13/h1,10,17-18H,5-7,9H2,2-3H3,(H,19,20). The molecule has 8 heteroatoms. The zero-order valence-corrected chi connectivity index (χ0v) is 13.9. The summed E-state index contributed by atoms with van der Waals surface area (Å²) in [5.41, 5.74) is 1.94. The lowest BCUT2D eigenvalue weighted by Gasteiger charge is -2.13. The minimum absolute atomic E-state index is 0.128. The largest absolute Gasteiger partial charge is 0.465 e. The van der Waals surface area contributed by atoms with Crippen molar-refractivity contribution in [3.63, 3.8) is 0 Å². The number of aromatic amines is 1. The number of carbonyl (C=O) groups excluding carboxylic acids is 1. The number of esters is 1. The Balaban J connectivity index is 2.53. The molecule has 23 heavy (non-hydrogen) atoms. The van der Waals surface area contributed by atoms with Crippen LogP contribution in [0.15, 0.2) is 17.7 Å². The van der Waals surface area contributed by atoms with E-state index >= 15 is 0 Å². The summed E-state index contributed by atoms with van der Waals surface area (Å²) in [4.78, 5) is 18.8. The Bertz CT molecular complexity index is 639. The molecule has 0 saturated heterocycles. The number of nitrogens with one attached hydrogen (secondary N) is 3. The van der Waals surface area contributed by atoms with Crippen molar-refractivity contribution in [1.29, 1.82) is 5.26 Å². The normalized spacial score (nSPS) is 11.0. The first-order chi connectivity index (χ1) is 11.1. The quantitative estimate of drug-likeness (QED) is 0.201. The van der Waals surface area contributed by atoms with Crippen LogP contribution in [0.2, 0.25) is 0 Å². The summed E-state index contributed by atoms with van der Waals surface area (Å²) in [5.74, 6) is 3.57. The van der Waals surface area contributed by atoms with Crippen LogP contribution in [0, 0.1) is 30.6 Å². The first kappa shape index (κ1) is 18.5. The fourth-order valence-corrected chi connectivity index (χ4v) is 2.53. The van der Waals surface area contributed by atoms with E-state index in [1.54, 1.807) is 18.1 Å². The number of aryl methyl sites for hydroxylation is 1. The van der Waals surface area contributed by atoms with E-state index in [4.69, 9.17) is 11.7 Å². The molecule has 1 rings (SSSR count). The third-order valence-corrected chi connectivity index (χ3v) is 3.83. The van der Waals surface area contributed by atoms with Crippen molar-refractivity contribution in [2.24, 2.45) is 0 Å². The summed E-state index contributed by atoms with van der Waals surface area (Å²) in [6.07, 6.45) is 6.87. The molecule has 122 valence electrons. The van der Waals surface area contributed by atoms with Crippen LogP contribution in [-0.2, 0) is 15.3 Å². The van der Waals surface area contributed by atoms with Crippen molar-refractivity contribution in [2.45, 2.75) is 12.7 Å². The highest BCUT2D eigenvalue weighted by Crippen LogP contribution is 2.11. The molecule has 0 aliphatic carbocycles. The predicted molar refractivity (Wildman–Crippen MR) is 89.0 cm³/mol. The highest BCUT2D eigenvalue weighted by molar-refractivity contribution is 7.98. The summed E-state index contributed by atoms with van der Waals surface area (Å²) in [6.45, 7) is 2.71. The Hall–Kier alpha value is -2.58. The number of hydrogen-bond acceptors (Lipinski definition) is 7. The number of rotatable bonds is 9. The van der Waals surface area contributed by atoms with Crippen LogP contribution in [0.3, 0.4) is 0 Å². The second kappa shape index (κ2) is 10.2. The Morgan fingerprint density at radius 3 is 2.91 bits per heavy atom. The molecule has 0 bridgehead atoms. The number of carbonyl (C=O) groups is 1. The third-order valence-electron chi connectivity index (χ3n) is 2.85. The van der Waals surface area contributed by atoms with E-state index in [0.29, 0.717) is 6.54 Å². The maximum atomic E-state index is 11.6. The van der Waals surface area contributed by atoms with Crippen molar-refractivity contribution in [3.8, 4) is 18.4 Å². The molecule has 0 fully saturated rings. The molecule has 1 aromatic rings. The van der Waals surface area contributed by atoms with Gasteiger partial charge in [-0.15, -0.1) is 6.42 Å². The lowest BCUT2D eigenvalue weighted by molar-refractivity contribution is -0.135. The monoisotopic (exact) mass is 333 g/mol. The smallest absolute Gasteiger partial charge is 0.352 e. The van der Waals surface area contributed by atoms with Crippen molar-refractivity contribution >= 4 is 17.7 Å². The molecule has 0 unspecified atom stereocenters. The maximum Gasteiger partial charge on any atom is 0.352 e. The number of thioether (sulfide) groups is 1. The van der Waals surface area contributed by atoms with Gasteiger partial charge in [0.15, 0.2) is 5.57 Å². The lowest BCUT2D eigenvalue weighted by atomic mass is 10.3. The number of terminal acetylenes is 1. The third kappa shape index (κ3) is 5.97. The van der Waals surface area contributed by atoms with Crippen molar-refractivity contribution < 1.29 is 9.53 Å². The van der Waals surface area contributed by atoms with Crippen LogP contribution in [0.4, 0.5) is 0 Å². The van der Waals surface area contributed by atoms with Crippen LogP contribution in [0.5, 0.6) is 0 Å². The SMILES string of the molecule is C#CCNC(NCCSCc1[nH]cnc1C)=C(C#N)C(=O)OC. The molecule has 0 amide bonds. The van der Waals surface area contributed by atoms with Gasteiger partial charge in [0.05, 0.1) is 25.7 Å². The molecule has 1 aromatic heterocycles. The Morgan fingerprint density at radius 2 is 2.35 bits per heavy atom. The van der Waals surface area contributed by atoms with Gasteiger partial charge in [0.25, 0.3) is 0 Å². The van der Waals surface area contributed by atoms with Crippen molar-refractivity contribution in [2.75, 3.05) is 26.0 Å². The summed E-state index contributed by atoms with van der Waals surface area (Å²) < 4.78 is 4.59. The van der Waals surface area contributed by atoms with Crippen molar-refractivity contribution in [3.05, 3.63) is 29.1 Å². The molecule has 0 saturated carbocycles. The molecule has 3 N–H and O–H groups in total. The number of nitriles is 1. The second-order valence-electron chi connectivity index (χ2n) is 4.36. The van der Waals surface area contributed by atoms with Gasteiger partial charge in [-0.05, 0) is 6.92 Å². The van der Waals surface area contributed by atoms with Gasteiger partial charge >= 0.3 is 5.97 Å². The number of imidazole rings is 1. The van der Waals surface area contributed by atoms with Gasteiger partial charge in [-0.25, -0.2) is 9.78 Å². The molecular formula is C15H19N5O2S. The van der Waals surface area contributed by atoms with Crippen molar-refractivity contribution in [1.82, 2.24) is 20.6 Å².